The molecule has 0 aliphatic rings. The topological polar surface area (TPSA) is 35.5 Å². The number of carbonyl (C=O) groups excluding carboxylic acids is 1. The Morgan fingerprint density at radius 2 is 1.07 bits per heavy atom. The summed E-state index contributed by atoms with van der Waals surface area (Å²) in [5.41, 5.74) is -0.761. The van der Waals surface area contributed by atoms with Crippen molar-refractivity contribution >= 4 is 16.9 Å². The van der Waals surface area contributed by atoms with E-state index in [9.17, 15) is 26.7 Å². The van der Waals surface area contributed by atoms with Crippen molar-refractivity contribution in [1.29, 1.82) is 0 Å². The van der Waals surface area contributed by atoms with Crippen LogP contribution in [0.25, 0.3) is 0 Å². The molecule has 4 aromatic carbocycles. The van der Waals surface area contributed by atoms with E-state index in [1.54, 1.807) is 0 Å². The lowest BCUT2D eigenvalue weighted by atomic mass is 9.98. The third-order valence-electron chi connectivity index (χ3n) is 5.59. The van der Waals surface area contributed by atoms with Gasteiger partial charge < -0.3 is 9.47 Å². The molecule has 0 aliphatic heterocycles. The van der Waals surface area contributed by atoms with E-state index in [2.05, 4.69) is 0 Å². The van der Waals surface area contributed by atoms with Crippen molar-refractivity contribution in [2.45, 2.75) is 34.1 Å². The van der Waals surface area contributed by atoms with E-state index in [-0.39, 0.29) is 14.7 Å². The minimum atomic E-state index is -1.75. The van der Waals surface area contributed by atoms with Gasteiger partial charge in [0, 0.05) is 48.5 Å². The van der Waals surface area contributed by atoms with Gasteiger partial charge in [0.1, 0.15) is 34.7 Å². The van der Waals surface area contributed by atoms with Gasteiger partial charge in [0.2, 0.25) is 0 Å². The summed E-state index contributed by atoms with van der Waals surface area (Å²) in [5.74, 6) is -9.02. The maximum Gasteiger partial charge on any atom is 0.345 e. The fourth-order valence-corrected chi connectivity index (χ4v) is 6.03. The zero-order chi connectivity index (χ0) is 29.2. The highest BCUT2D eigenvalue weighted by Crippen LogP contribution is 2.36. The second kappa shape index (κ2) is 11.6. The summed E-state index contributed by atoms with van der Waals surface area (Å²) in [6, 6.07) is 11.4. The highest BCUT2D eigenvalue weighted by molar-refractivity contribution is 7.97. The Balaban J connectivity index is 1.61. The number of hydrogen-bond acceptors (Lipinski definition) is 3. The lowest BCUT2D eigenvalue weighted by Gasteiger charge is -2.25. The quantitative estimate of drug-likeness (QED) is 0.122. The van der Waals surface area contributed by atoms with Gasteiger partial charge in [-0.2, -0.15) is 0 Å². The van der Waals surface area contributed by atoms with Crippen molar-refractivity contribution in [3.05, 3.63) is 119 Å². The van der Waals surface area contributed by atoms with Crippen LogP contribution in [0.5, 0.6) is 5.75 Å². The number of halogens is 7. The number of rotatable bonds is 8. The van der Waals surface area contributed by atoms with E-state index in [0.717, 1.165) is 36.4 Å². The van der Waals surface area contributed by atoms with Crippen LogP contribution in [-0.4, -0.2) is 12.6 Å². The van der Waals surface area contributed by atoms with Crippen molar-refractivity contribution in [3.63, 3.8) is 0 Å². The lowest BCUT2D eigenvalue weighted by molar-refractivity contribution is -0.160. The molecule has 0 heterocycles. The summed E-state index contributed by atoms with van der Waals surface area (Å²) < 4.78 is 110. The smallest absolute Gasteiger partial charge is 0.345 e. The summed E-state index contributed by atoms with van der Waals surface area (Å²) in [6.07, 6.45) is 0. The van der Waals surface area contributed by atoms with Crippen LogP contribution in [0.1, 0.15) is 19.4 Å². The summed E-state index contributed by atoms with van der Waals surface area (Å²) in [6.45, 7) is 2.16. The first-order chi connectivity index (χ1) is 18.8. The Morgan fingerprint density at radius 1 is 0.650 bits per heavy atom. The fourth-order valence-electron chi connectivity index (χ4n) is 3.85. The molecule has 0 unspecified atom stereocenters. The average molecular weight is 582 g/mol. The van der Waals surface area contributed by atoms with Crippen LogP contribution in [0.2, 0.25) is 0 Å². The first-order valence-electron chi connectivity index (χ1n) is 11.6. The van der Waals surface area contributed by atoms with Gasteiger partial charge in [0.15, 0.2) is 38.7 Å². The third-order valence-corrected chi connectivity index (χ3v) is 7.72. The predicted molar refractivity (Wildman–Crippen MR) is 132 cm³/mol. The maximum atomic E-state index is 15.1. The standard InChI is InChI=1S/C29H20F7O3S/c1-29(2,16-3-5-17(30)6-4-16)39-27(37)15-38-28-25(35)13-24(14-26(28)36)40(22-9-18(31)7-19(32)10-22)23-11-20(33)8-21(34)12-23/h3-14H,15H2,1-2H3/q+1. The molecule has 4 rings (SSSR count). The minimum Gasteiger partial charge on any atom is -0.476 e. The van der Waals surface area contributed by atoms with Gasteiger partial charge in [-0.3, -0.25) is 0 Å². The number of ether oxygens (including phenoxy) is 2. The van der Waals surface area contributed by atoms with E-state index in [1.165, 1.54) is 38.1 Å². The summed E-state index contributed by atoms with van der Waals surface area (Å²) >= 11 is 0. The zero-order valence-electron chi connectivity index (χ0n) is 20.9. The van der Waals surface area contributed by atoms with Crippen LogP contribution in [-0.2, 0) is 26.0 Å². The highest BCUT2D eigenvalue weighted by Gasteiger charge is 2.34. The molecule has 40 heavy (non-hydrogen) atoms. The fraction of sp³-hybridized carbons (Fsp3) is 0.138. The molecule has 0 aromatic heterocycles. The molecule has 11 heteroatoms. The largest absolute Gasteiger partial charge is 0.476 e. The molecule has 0 atom stereocenters. The van der Waals surface area contributed by atoms with Crippen molar-refractivity contribution < 1.29 is 45.0 Å². The molecule has 3 nitrogen and oxygen atoms in total. The molecule has 0 aliphatic carbocycles. The van der Waals surface area contributed by atoms with Gasteiger partial charge in [-0.1, -0.05) is 12.1 Å². The molecular formula is C29H20F7O3S+. The van der Waals surface area contributed by atoms with Crippen LogP contribution in [0.15, 0.2) is 87.5 Å². The van der Waals surface area contributed by atoms with Gasteiger partial charge in [-0.05, 0) is 31.5 Å². The van der Waals surface area contributed by atoms with Gasteiger partial charge in [-0.15, -0.1) is 0 Å². The Morgan fingerprint density at radius 3 is 1.52 bits per heavy atom. The molecule has 0 radical (unpaired) electrons. The normalized spacial score (nSPS) is 11.6. The first-order valence-corrected chi connectivity index (χ1v) is 12.8. The van der Waals surface area contributed by atoms with Crippen LogP contribution < -0.4 is 4.74 Å². The second-order valence-corrected chi connectivity index (χ2v) is 11.0. The molecule has 0 amide bonds. The van der Waals surface area contributed by atoms with Gasteiger partial charge in [-0.25, -0.2) is 35.5 Å². The van der Waals surface area contributed by atoms with Crippen molar-refractivity contribution in [2.75, 3.05) is 6.61 Å². The first kappa shape index (κ1) is 29.0. The second-order valence-electron chi connectivity index (χ2n) is 9.01. The Bertz CT molecular complexity index is 1440. The monoisotopic (exact) mass is 581 g/mol. The molecule has 0 saturated carbocycles. The van der Waals surface area contributed by atoms with Crippen LogP contribution in [0.3, 0.4) is 0 Å². The number of carbonyl (C=O) groups is 1. The third kappa shape index (κ3) is 6.77. The predicted octanol–water partition coefficient (Wildman–Crippen LogP) is 7.61. The van der Waals surface area contributed by atoms with Crippen molar-refractivity contribution in [2.24, 2.45) is 0 Å². The van der Waals surface area contributed by atoms with E-state index in [4.69, 9.17) is 9.47 Å². The SMILES string of the molecule is CC(C)(OC(=O)COc1c(F)cc([S+](c2cc(F)cc(F)c2)c2cc(F)cc(F)c2)cc1F)c1ccc(F)cc1. The van der Waals surface area contributed by atoms with Crippen molar-refractivity contribution in [3.8, 4) is 5.75 Å². The molecule has 0 bridgehead atoms. The van der Waals surface area contributed by atoms with E-state index >= 15 is 8.78 Å². The van der Waals surface area contributed by atoms with Crippen molar-refractivity contribution in [1.82, 2.24) is 0 Å². The lowest BCUT2D eigenvalue weighted by Crippen LogP contribution is -2.28. The van der Waals surface area contributed by atoms with Gasteiger partial charge >= 0.3 is 5.97 Å². The molecule has 4 aromatic rings. The van der Waals surface area contributed by atoms with Gasteiger partial charge in [0.25, 0.3) is 0 Å². The summed E-state index contributed by atoms with van der Waals surface area (Å²) in [5, 5.41) is 0. The highest BCUT2D eigenvalue weighted by atomic mass is 32.2. The Labute approximate surface area is 227 Å². The molecule has 0 fully saturated rings. The van der Waals surface area contributed by atoms with E-state index in [1.807, 2.05) is 0 Å². The van der Waals surface area contributed by atoms with E-state index in [0.29, 0.717) is 17.7 Å². The minimum absolute atomic E-state index is 0.137. The zero-order valence-corrected chi connectivity index (χ0v) is 21.7. The molecule has 0 spiro atoms. The summed E-state index contributed by atoms with van der Waals surface area (Å²) in [4.78, 5) is 11.9. The Kier molecular flexibility index (Phi) is 8.43. The van der Waals surface area contributed by atoms with E-state index < -0.39 is 75.5 Å². The van der Waals surface area contributed by atoms with Crippen LogP contribution in [0.4, 0.5) is 30.7 Å². The average Bonchev–Trinajstić information content (AvgIpc) is 2.82. The number of esters is 1. The molecular weight excluding hydrogens is 561 g/mol. The number of hydrogen-bond donors (Lipinski definition) is 0. The Hall–Kier alpha value is -3.99. The summed E-state index contributed by atoms with van der Waals surface area (Å²) in [7, 11) is -1.75. The van der Waals surface area contributed by atoms with Gasteiger partial charge in [0.05, 0.1) is 10.9 Å². The van der Waals surface area contributed by atoms with Crippen LogP contribution in [0, 0.1) is 40.7 Å². The maximum absolute atomic E-state index is 15.1. The van der Waals surface area contributed by atoms with Crippen LogP contribution >= 0.6 is 0 Å². The molecule has 208 valence electrons. The number of benzene rings is 4. The molecule has 0 saturated heterocycles. The molecule has 0 N–H and O–H groups in total.